The number of halogens is 3. The molecule has 0 aliphatic rings. The summed E-state index contributed by atoms with van der Waals surface area (Å²) in [6.45, 7) is 2.73. The van der Waals surface area contributed by atoms with Crippen LogP contribution in [0.3, 0.4) is 0 Å². The van der Waals surface area contributed by atoms with Crippen molar-refractivity contribution >= 4 is 11.6 Å². The lowest BCUT2D eigenvalue weighted by Crippen LogP contribution is -2.18. The third kappa shape index (κ3) is 1.88. The Morgan fingerprint density at radius 2 is 2.00 bits per heavy atom. The van der Waals surface area contributed by atoms with Crippen LogP contribution in [-0.2, 0) is 5.41 Å². The molecule has 0 aromatic heterocycles. The van der Waals surface area contributed by atoms with Crippen LogP contribution >= 0.6 is 11.6 Å². The summed E-state index contributed by atoms with van der Waals surface area (Å²) in [5.41, 5.74) is -1.78. The molecule has 0 saturated carbocycles. The van der Waals surface area contributed by atoms with E-state index in [0.717, 1.165) is 0 Å². The van der Waals surface area contributed by atoms with Crippen LogP contribution in [0.25, 0.3) is 0 Å². The summed E-state index contributed by atoms with van der Waals surface area (Å²) in [5.74, 6) is -2.76. The first kappa shape index (κ1) is 11.7. The van der Waals surface area contributed by atoms with E-state index in [1.54, 1.807) is 6.07 Å². The van der Waals surface area contributed by atoms with E-state index in [4.69, 9.17) is 22.0 Å². The Kier molecular flexibility index (Phi) is 2.87. The highest BCUT2D eigenvalue weighted by atomic mass is 35.5. The van der Waals surface area contributed by atoms with Crippen molar-refractivity contribution in [3.63, 3.8) is 0 Å². The SMILES string of the molecule is CC(C)(C#N)c1c(F)cc(O)c(Cl)c1F. The summed E-state index contributed by atoms with van der Waals surface area (Å²) in [5, 5.41) is 17.2. The average Bonchev–Trinajstić information content (AvgIpc) is 2.14. The molecule has 0 aliphatic heterocycles. The fourth-order valence-corrected chi connectivity index (χ4v) is 1.36. The van der Waals surface area contributed by atoms with Gasteiger partial charge in [0.05, 0.1) is 11.5 Å². The third-order valence-electron chi connectivity index (χ3n) is 2.04. The van der Waals surface area contributed by atoms with Gasteiger partial charge < -0.3 is 5.11 Å². The number of nitriles is 1. The van der Waals surface area contributed by atoms with E-state index in [1.807, 2.05) is 0 Å². The van der Waals surface area contributed by atoms with E-state index >= 15 is 0 Å². The van der Waals surface area contributed by atoms with Gasteiger partial charge in [0.1, 0.15) is 16.6 Å². The lowest BCUT2D eigenvalue weighted by molar-refractivity contribution is 0.449. The van der Waals surface area contributed by atoms with Crippen LogP contribution in [0, 0.1) is 23.0 Å². The van der Waals surface area contributed by atoms with Crippen molar-refractivity contribution in [2.45, 2.75) is 19.3 Å². The Balaban J connectivity index is 3.58. The van der Waals surface area contributed by atoms with Crippen molar-refractivity contribution in [1.82, 2.24) is 0 Å². The summed E-state index contributed by atoms with van der Waals surface area (Å²) < 4.78 is 26.9. The molecule has 0 unspecified atom stereocenters. The van der Waals surface area contributed by atoms with Gasteiger partial charge >= 0.3 is 0 Å². The predicted octanol–water partition coefficient (Wildman–Crippen LogP) is 3.12. The average molecular weight is 232 g/mol. The largest absolute Gasteiger partial charge is 0.506 e. The Hall–Kier alpha value is -1.34. The van der Waals surface area contributed by atoms with Crippen molar-refractivity contribution in [3.05, 3.63) is 28.3 Å². The van der Waals surface area contributed by atoms with Crippen LogP contribution in [-0.4, -0.2) is 5.11 Å². The monoisotopic (exact) mass is 231 g/mol. The fourth-order valence-electron chi connectivity index (χ4n) is 1.21. The molecule has 0 atom stereocenters. The van der Waals surface area contributed by atoms with Crippen LogP contribution in [0.1, 0.15) is 19.4 Å². The molecule has 0 fully saturated rings. The maximum absolute atomic E-state index is 13.5. The molecule has 0 amide bonds. The number of benzene rings is 1. The Bertz CT molecular complexity index is 452. The molecule has 0 aliphatic carbocycles. The van der Waals surface area contributed by atoms with E-state index in [1.165, 1.54) is 13.8 Å². The quantitative estimate of drug-likeness (QED) is 0.755. The summed E-state index contributed by atoms with van der Waals surface area (Å²) in [7, 11) is 0. The Labute approximate surface area is 90.7 Å². The highest BCUT2D eigenvalue weighted by Crippen LogP contribution is 2.36. The lowest BCUT2D eigenvalue weighted by atomic mass is 9.85. The molecule has 1 rings (SSSR count). The van der Waals surface area contributed by atoms with Crippen LogP contribution in [0.2, 0.25) is 5.02 Å². The Morgan fingerprint density at radius 3 is 2.47 bits per heavy atom. The second-order valence-electron chi connectivity index (χ2n) is 3.62. The van der Waals surface area contributed by atoms with E-state index < -0.39 is 33.4 Å². The molecule has 5 heteroatoms. The first-order chi connectivity index (χ1) is 6.81. The van der Waals surface area contributed by atoms with Crippen molar-refractivity contribution in [2.75, 3.05) is 0 Å². The maximum atomic E-state index is 13.5. The Morgan fingerprint density at radius 1 is 1.47 bits per heavy atom. The number of hydrogen-bond donors (Lipinski definition) is 1. The topological polar surface area (TPSA) is 44.0 Å². The summed E-state index contributed by atoms with van der Waals surface area (Å²) in [6.07, 6.45) is 0. The van der Waals surface area contributed by atoms with Gasteiger partial charge in [0.25, 0.3) is 0 Å². The molecule has 80 valence electrons. The van der Waals surface area contributed by atoms with E-state index in [9.17, 15) is 8.78 Å². The molecule has 0 heterocycles. The zero-order valence-electron chi connectivity index (χ0n) is 8.11. The van der Waals surface area contributed by atoms with Crippen molar-refractivity contribution < 1.29 is 13.9 Å². The number of nitrogens with zero attached hydrogens (tertiary/aromatic N) is 1. The molecule has 1 N–H and O–H groups in total. The highest BCUT2D eigenvalue weighted by Gasteiger charge is 2.30. The summed E-state index contributed by atoms with van der Waals surface area (Å²) in [4.78, 5) is 0. The van der Waals surface area contributed by atoms with E-state index in [2.05, 4.69) is 0 Å². The molecule has 2 nitrogen and oxygen atoms in total. The number of phenols is 1. The minimum atomic E-state index is -1.34. The van der Waals surface area contributed by atoms with Crippen molar-refractivity contribution in [2.24, 2.45) is 0 Å². The van der Waals surface area contributed by atoms with Crippen LogP contribution in [0.4, 0.5) is 8.78 Å². The molecule has 0 saturated heterocycles. The molecular formula is C10H8ClF2NO. The molecule has 0 radical (unpaired) electrons. The zero-order chi connectivity index (χ0) is 11.8. The van der Waals surface area contributed by atoms with Crippen molar-refractivity contribution in [1.29, 1.82) is 5.26 Å². The molecule has 0 bridgehead atoms. The van der Waals surface area contributed by atoms with Crippen molar-refractivity contribution in [3.8, 4) is 11.8 Å². The standard InChI is InChI=1S/C10H8ClF2NO/c1-10(2,4-14)7-5(12)3-6(15)8(11)9(7)13/h3,15H,1-2H3. The molecule has 1 aromatic rings. The second kappa shape index (κ2) is 3.67. The highest BCUT2D eigenvalue weighted by molar-refractivity contribution is 6.32. The number of rotatable bonds is 1. The second-order valence-corrected chi connectivity index (χ2v) is 4.00. The smallest absolute Gasteiger partial charge is 0.153 e. The van der Waals surface area contributed by atoms with Gasteiger partial charge in [-0.1, -0.05) is 11.6 Å². The van der Waals surface area contributed by atoms with Gasteiger partial charge in [-0.15, -0.1) is 0 Å². The van der Waals surface area contributed by atoms with E-state index in [0.29, 0.717) is 6.07 Å². The molecule has 0 spiro atoms. The molecule has 1 aromatic carbocycles. The fraction of sp³-hybridized carbons (Fsp3) is 0.300. The normalized spacial score (nSPS) is 11.2. The number of aromatic hydroxyl groups is 1. The van der Waals surface area contributed by atoms with Gasteiger partial charge in [-0.25, -0.2) is 8.78 Å². The number of hydrogen-bond acceptors (Lipinski definition) is 2. The van der Waals surface area contributed by atoms with E-state index in [-0.39, 0.29) is 0 Å². The van der Waals surface area contributed by atoms with Gasteiger partial charge in [0.2, 0.25) is 0 Å². The third-order valence-corrected chi connectivity index (χ3v) is 2.40. The van der Waals surface area contributed by atoms with Gasteiger partial charge in [0.15, 0.2) is 5.82 Å². The molecule has 15 heavy (non-hydrogen) atoms. The summed E-state index contributed by atoms with van der Waals surface area (Å²) in [6, 6.07) is 2.46. The van der Waals surface area contributed by atoms with Crippen LogP contribution < -0.4 is 0 Å². The van der Waals surface area contributed by atoms with Crippen LogP contribution in [0.5, 0.6) is 5.75 Å². The van der Waals surface area contributed by atoms with Gasteiger partial charge in [0, 0.05) is 11.6 Å². The lowest BCUT2D eigenvalue weighted by Gasteiger charge is -2.18. The summed E-state index contributed by atoms with van der Waals surface area (Å²) >= 11 is 5.42. The van der Waals surface area contributed by atoms with Gasteiger partial charge in [-0.05, 0) is 13.8 Å². The zero-order valence-corrected chi connectivity index (χ0v) is 8.86. The number of phenolic OH excluding ortho intramolecular Hbond substituents is 1. The maximum Gasteiger partial charge on any atom is 0.153 e. The first-order valence-corrected chi connectivity index (χ1v) is 4.47. The first-order valence-electron chi connectivity index (χ1n) is 4.09. The van der Waals surface area contributed by atoms with Gasteiger partial charge in [-0.2, -0.15) is 5.26 Å². The molecular weight excluding hydrogens is 224 g/mol. The van der Waals surface area contributed by atoms with Crippen LogP contribution in [0.15, 0.2) is 6.07 Å². The van der Waals surface area contributed by atoms with Gasteiger partial charge in [-0.3, -0.25) is 0 Å². The minimum absolute atomic E-state index is 0.437. The minimum Gasteiger partial charge on any atom is -0.506 e. The predicted molar refractivity (Wildman–Crippen MR) is 51.7 cm³/mol.